The molecular weight excluding hydrogens is 542 g/mol. The monoisotopic (exact) mass is 587 g/mol. The average molecular weight is 588 g/mol. The number of aliphatic hydroxyl groups is 1. The first kappa shape index (κ1) is 34.2. The molecule has 3 aromatic heterocycles. The fourth-order valence-corrected chi connectivity index (χ4v) is 4.47. The van der Waals surface area contributed by atoms with E-state index < -0.39 is 6.10 Å². The number of unbranched alkanes of at least 4 members (excludes halogenated alkanes) is 3. The summed E-state index contributed by atoms with van der Waals surface area (Å²) in [7, 11) is 3.47. The molecule has 10 nitrogen and oxygen atoms in total. The number of nitrogens with one attached hydrogen (secondary N) is 1. The number of anilines is 2. The number of ether oxygens (including phenoxy) is 2. The minimum Gasteiger partial charge on any atom is -0.390 e. The van der Waals surface area contributed by atoms with Gasteiger partial charge in [0.15, 0.2) is 11.5 Å². The van der Waals surface area contributed by atoms with Crippen LogP contribution in [0.5, 0.6) is 0 Å². The summed E-state index contributed by atoms with van der Waals surface area (Å²) in [6, 6.07) is 7.64. The van der Waals surface area contributed by atoms with E-state index in [2.05, 4.69) is 39.1 Å². The summed E-state index contributed by atoms with van der Waals surface area (Å²) >= 11 is 5.85. The second kappa shape index (κ2) is 17.7. The third kappa shape index (κ3) is 9.49. The Bertz CT molecular complexity index is 1330. The summed E-state index contributed by atoms with van der Waals surface area (Å²) in [5, 5.41) is 14.9. The van der Waals surface area contributed by atoms with Gasteiger partial charge in [0, 0.05) is 42.9 Å². The van der Waals surface area contributed by atoms with Crippen molar-refractivity contribution >= 4 is 45.2 Å². The van der Waals surface area contributed by atoms with Gasteiger partial charge in [0.2, 0.25) is 0 Å². The molecule has 1 saturated heterocycles. The molecule has 0 aliphatic carbocycles. The van der Waals surface area contributed by atoms with Crippen molar-refractivity contribution in [2.45, 2.75) is 85.2 Å². The first-order valence-corrected chi connectivity index (χ1v) is 14.7. The van der Waals surface area contributed by atoms with Gasteiger partial charge >= 0.3 is 0 Å². The zero-order valence-electron chi connectivity index (χ0n) is 25.4. The van der Waals surface area contributed by atoms with E-state index in [4.69, 9.17) is 26.8 Å². The van der Waals surface area contributed by atoms with Gasteiger partial charge in [-0.2, -0.15) is 0 Å². The van der Waals surface area contributed by atoms with Crippen LogP contribution in [0.25, 0.3) is 22.1 Å². The summed E-state index contributed by atoms with van der Waals surface area (Å²) < 4.78 is 12.6. The van der Waals surface area contributed by atoms with Crippen LogP contribution in [-0.2, 0) is 9.47 Å². The van der Waals surface area contributed by atoms with Crippen LogP contribution >= 0.6 is 11.6 Å². The number of methoxy groups -OCH3 is 1. The van der Waals surface area contributed by atoms with Crippen molar-refractivity contribution < 1.29 is 14.6 Å². The second-order valence-electron chi connectivity index (χ2n) is 9.34. The molecule has 0 spiro atoms. The summed E-state index contributed by atoms with van der Waals surface area (Å²) in [6.45, 7) is 10.6. The lowest BCUT2D eigenvalue weighted by Gasteiger charge is -2.14. The van der Waals surface area contributed by atoms with Crippen molar-refractivity contribution in [3.63, 3.8) is 0 Å². The summed E-state index contributed by atoms with van der Waals surface area (Å²) in [4.78, 5) is 16.9. The Balaban J connectivity index is 0.000000240. The van der Waals surface area contributed by atoms with E-state index in [0.29, 0.717) is 40.9 Å². The lowest BCUT2D eigenvalue weighted by Crippen LogP contribution is -2.25. The molecule has 1 aromatic carbocycles. The number of nitrogens with zero attached hydrogens (tertiary/aromatic N) is 5. The summed E-state index contributed by atoms with van der Waals surface area (Å²) in [6.07, 6.45) is 8.13. The number of nitrogen functional groups attached to an aromatic ring is 1. The fourth-order valence-electron chi connectivity index (χ4n) is 4.30. The van der Waals surface area contributed by atoms with Crippen LogP contribution in [0.4, 0.5) is 11.5 Å². The van der Waals surface area contributed by atoms with Gasteiger partial charge in [-0.25, -0.2) is 15.0 Å². The predicted molar refractivity (Wildman–Crippen MR) is 168 cm³/mol. The van der Waals surface area contributed by atoms with Gasteiger partial charge < -0.3 is 25.6 Å². The van der Waals surface area contributed by atoms with Crippen molar-refractivity contribution in [1.82, 2.24) is 24.5 Å². The molecule has 1 aliphatic heterocycles. The predicted octanol–water partition coefficient (Wildman–Crippen LogP) is 6.55. The molecule has 0 radical (unpaired) electrons. The van der Waals surface area contributed by atoms with Gasteiger partial charge in [0.1, 0.15) is 23.7 Å². The molecule has 5 rings (SSSR count). The summed E-state index contributed by atoms with van der Waals surface area (Å²) in [5.41, 5.74) is 8.98. The number of hydrogen-bond acceptors (Lipinski definition) is 9. The highest BCUT2D eigenvalue weighted by molar-refractivity contribution is 6.31. The van der Waals surface area contributed by atoms with E-state index >= 15 is 0 Å². The third-order valence-electron chi connectivity index (χ3n) is 6.34. The number of fused-ring (bicyclic) bond motifs is 2. The zero-order chi connectivity index (χ0) is 30.4. The van der Waals surface area contributed by atoms with E-state index in [9.17, 15) is 5.11 Å². The van der Waals surface area contributed by atoms with Crippen molar-refractivity contribution in [3.8, 4) is 0 Å². The van der Waals surface area contributed by atoms with E-state index in [-0.39, 0.29) is 12.3 Å². The van der Waals surface area contributed by atoms with Crippen LogP contribution in [0.1, 0.15) is 71.9 Å². The maximum atomic E-state index is 9.97. The third-order valence-corrected chi connectivity index (χ3v) is 6.57. The van der Waals surface area contributed by atoms with Crippen LogP contribution in [0, 0.1) is 6.92 Å². The lowest BCUT2D eigenvalue weighted by atomic mass is 10.2. The molecule has 0 amide bonds. The van der Waals surface area contributed by atoms with Crippen LogP contribution in [-0.4, -0.2) is 62.6 Å². The minimum absolute atomic E-state index is 0.330. The van der Waals surface area contributed by atoms with E-state index in [1.165, 1.54) is 25.7 Å². The first-order chi connectivity index (χ1) is 19.8. The molecule has 1 fully saturated rings. The van der Waals surface area contributed by atoms with Gasteiger partial charge in [-0.1, -0.05) is 65.0 Å². The maximum absolute atomic E-state index is 9.97. The number of rotatable bonds is 7. The van der Waals surface area contributed by atoms with Crippen molar-refractivity contribution in [2.24, 2.45) is 0 Å². The topological polar surface area (TPSA) is 133 Å². The molecule has 4 N–H and O–H groups in total. The van der Waals surface area contributed by atoms with Crippen molar-refractivity contribution in [3.05, 3.63) is 47.6 Å². The number of hydrogen-bond donors (Lipinski definition) is 3. The SMILES string of the molecule is CC.CCCCCC.CNc1ccnc2cc(Cl)ccc12.COC[C@H]1O[C@@H](n2cnc3c(N)nc(C)nc32)C[C@@H]1O. The Hall–Kier alpha value is -3.05. The van der Waals surface area contributed by atoms with Crippen LogP contribution in [0.2, 0.25) is 5.02 Å². The van der Waals surface area contributed by atoms with E-state index in [1.807, 2.05) is 45.2 Å². The smallest absolute Gasteiger partial charge is 0.167 e. The fraction of sp³-hybridized carbons (Fsp3) is 0.533. The largest absolute Gasteiger partial charge is 0.390 e. The van der Waals surface area contributed by atoms with Gasteiger partial charge in [-0.3, -0.25) is 9.55 Å². The second-order valence-corrected chi connectivity index (χ2v) is 9.78. The number of benzene rings is 1. The van der Waals surface area contributed by atoms with Crippen LogP contribution in [0.15, 0.2) is 36.8 Å². The molecule has 4 heterocycles. The number of aromatic nitrogens is 5. The highest BCUT2D eigenvalue weighted by Gasteiger charge is 2.35. The normalized spacial score (nSPS) is 17.6. The molecule has 1 aliphatic rings. The number of imidazole rings is 1. The minimum atomic E-state index is -0.572. The number of halogens is 1. The molecule has 4 aromatic rings. The maximum Gasteiger partial charge on any atom is 0.167 e. The molecule has 226 valence electrons. The average Bonchev–Trinajstić information content (AvgIpc) is 3.56. The van der Waals surface area contributed by atoms with E-state index in [0.717, 1.165) is 16.6 Å². The Labute approximate surface area is 248 Å². The van der Waals surface area contributed by atoms with Gasteiger partial charge in [0.05, 0.1) is 24.6 Å². The summed E-state index contributed by atoms with van der Waals surface area (Å²) in [5.74, 6) is 0.918. The number of nitrogens with two attached hydrogens (primary N) is 1. The van der Waals surface area contributed by atoms with Crippen LogP contribution in [0.3, 0.4) is 0 Å². The van der Waals surface area contributed by atoms with Gasteiger partial charge in [0.25, 0.3) is 0 Å². The highest BCUT2D eigenvalue weighted by Crippen LogP contribution is 2.31. The Morgan fingerprint density at radius 3 is 2.49 bits per heavy atom. The highest BCUT2D eigenvalue weighted by atomic mass is 35.5. The number of pyridine rings is 1. The van der Waals surface area contributed by atoms with Crippen molar-refractivity contribution in [2.75, 3.05) is 31.8 Å². The lowest BCUT2D eigenvalue weighted by molar-refractivity contribution is -0.0523. The Morgan fingerprint density at radius 1 is 1.15 bits per heavy atom. The molecule has 0 saturated carbocycles. The van der Waals surface area contributed by atoms with Crippen molar-refractivity contribution in [1.29, 1.82) is 0 Å². The molecule has 11 heteroatoms. The molecule has 0 unspecified atom stereocenters. The molecule has 3 atom stereocenters. The zero-order valence-corrected chi connectivity index (χ0v) is 26.1. The molecule has 0 bridgehead atoms. The number of aryl methyl sites for hydroxylation is 1. The standard InChI is InChI=1S/C12H17N5O3.C10H9ClN2.C6H14.C2H6/c1-6-15-11(13)10-12(16-6)17(5-14-10)9-3-7(18)8(20-9)4-19-2;1-12-9-4-5-13-10-6-7(11)2-3-8(9)10;1-3-5-6-4-2;1-2/h5,7-9,18H,3-4H2,1-2H3,(H2,13,15,16);2-6H,1H3,(H,12,13);3-6H2,1-2H3;1-2H3/t7-,8+,9+;;;/m0.../s1. The van der Waals surface area contributed by atoms with Gasteiger partial charge in [-0.15, -0.1) is 0 Å². The quantitative estimate of drug-likeness (QED) is 0.206. The van der Waals surface area contributed by atoms with E-state index in [1.54, 1.807) is 31.1 Å². The molecule has 41 heavy (non-hydrogen) atoms. The molecular formula is C30H46ClN7O3. The number of aliphatic hydroxyl groups excluding tert-OH is 1. The van der Waals surface area contributed by atoms with Crippen LogP contribution < -0.4 is 11.1 Å². The first-order valence-electron chi connectivity index (χ1n) is 14.3. The Kier molecular flexibility index (Phi) is 14.7. The Morgan fingerprint density at radius 2 is 1.85 bits per heavy atom. The van der Waals surface area contributed by atoms with Gasteiger partial charge in [-0.05, 0) is 31.2 Å².